The number of fused-ring (bicyclic) bond motifs is 1. The highest BCUT2D eigenvalue weighted by Crippen LogP contribution is 2.38. The molecule has 0 unspecified atom stereocenters. The second-order valence-corrected chi connectivity index (χ2v) is 6.63. The molecule has 4 rings (SSSR count). The second-order valence-electron chi connectivity index (χ2n) is 6.23. The van der Waals surface area contributed by atoms with Crippen LogP contribution in [0.2, 0.25) is 5.02 Å². The summed E-state index contributed by atoms with van der Waals surface area (Å²) < 4.78 is 12.9. The molecule has 2 heterocycles. The van der Waals surface area contributed by atoms with Crippen molar-refractivity contribution in [3.8, 4) is 11.5 Å². The summed E-state index contributed by atoms with van der Waals surface area (Å²) in [7, 11) is 0. The maximum Gasteiger partial charge on any atom is 0.228 e. The van der Waals surface area contributed by atoms with Gasteiger partial charge in [-0.1, -0.05) is 23.7 Å². The van der Waals surface area contributed by atoms with Gasteiger partial charge in [0.05, 0.1) is 18.0 Å². The summed E-state index contributed by atoms with van der Waals surface area (Å²) in [5, 5.41) is 7.54. The second kappa shape index (κ2) is 7.72. The molecule has 27 heavy (non-hydrogen) atoms. The Morgan fingerprint density at radius 2 is 1.96 bits per heavy atom. The van der Waals surface area contributed by atoms with Crippen molar-refractivity contribution in [3.63, 3.8) is 0 Å². The molecule has 1 N–H and O–H groups in total. The van der Waals surface area contributed by atoms with Crippen LogP contribution in [0.25, 0.3) is 0 Å². The summed E-state index contributed by atoms with van der Waals surface area (Å²) >= 11 is 6.22. The van der Waals surface area contributed by atoms with Crippen LogP contribution in [0.1, 0.15) is 11.1 Å². The molecule has 1 aliphatic rings. The predicted octanol–water partition coefficient (Wildman–Crippen LogP) is 3.54. The molecule has 0 radical (unpaired) electrons. The number of anilines is 1. The zero-order chi connectivity index (χ0) is 18.6. The molecule has 1 amide bonds. The molecule has 3 aromatic rings. The highest BCUT2D eigenvalue weighted by atomic mass is 35.5. The zero-order valence-electron chi connectivity index (χ0n) is 14.5. The van der Waals surface area contributed by atoms with Crippen LogP contribution in [0, 0.1) is 0 Å². The SMILES string of the molecule is O=C(Cc1cc(Cl)c2c(c1)OCCO2)Nc1ccc(Cn2cccn2)cc1. The highest BCUT2D eigenvalue weighted by molar-refractivity contribution is 6.32. The molecule has 0 saturated carbocycles. The highest BCUT2D eigenvalue weighted by Gasteiger charge is 2.17. The molecular formula is C20H18ClN3O3. The number of carbonyl (C=O) groups excluding carboxylic acids is 1. The number of nitrogens with one attached hydrogen (secondary N) is 1. The number of amides is 1. The van der Waals surface area contributed by atoms with E-state index in [-0.39, 0.29) is 12.3 Å². The number of ether oxygens (including phenoxy) is 2. The van der Waals surface area contributed by atoms with E-state index in [1.807, 2.05) is 41.2 Å². The van der Waals surface area contributed by atoms with E-state index in [0.717, 1.165) is 16.8 Å². The smallest absolute Gasteiger partial charge is 0.228 e. The number of hydrogen-bond donors (Lipinski definition) is 1. The Hall–Kier alpha value is -2.99. The monoisotopic (exact) mass is 383 g/mol. The fraction of sp³-hybridized carbons (Fsp3) is 0.200. The minimum atomic E-state index is -0.123. The standard InChI is InChI=1S/C20H18ClN3O3/c21-17-10-15(11-18-20(17)27-9-8-26-18)12-19(25)23-16-4-2-14(3-5-16)13-24-7-1-6-22-24/h1-7,10-11H,8-9,12-13H2,(H,23,25). The first-order valence-corrected chi connectivity index (χ1v) is 8.99. The average molecular weight is 384 g/mol. The first kappa shape index (κ1) is 17.4. The van der Waals surface area contributed by atoms with Crippen molar-refractivity contribution in [2.45, 2.75) is 13.0 Å². The third-order valence-electron chi connectivity index (χ3n) is 4.16. The van der Waals surface area contributed by atoms with Crippen molar-refractivity contribution < 1.29 is 14.3 Å². The number of carbonyl (C=O) groups is 1. The summed E-state index contributed by atoms with van der Waals surface area (Å²) in [6.45, 7) is 1.64. The molecule has 2 aromatic carbocycles. The molecule has 1 aliphatic heterocycles. The minimum absolute atomic E-state index is 0.123. The largest absolute Gasteiger partial charge is 0.486 e. The third-order valence-corrected chi connectivity index (χ3v) is 4.44. The number of nitrogens with zero attached hydrogens (tertiary/aromatic N) is 2. The third kappa shape index (κ3) is 4.23. The molecule has 0 aliphatic carbocycles. The maximum atomic E-state index is 12.4. The Morgan fingerprint density at radius 3 is 2.74 bits per heavy atom. The molecule has 1 aromatic heterocycles. The summed E-state index contributed by atoms with van der Waals surface area (Å²) in [5.74, 6) is 1.00. The fourth-order valence-electron chi connectivity index (χ4n) is 2.93. The molecule has 6 nitrogen and oxygen atoms in total. The Labute approximate surface area is 161 Å². The number of rotatable bonds is 5. The van der Waals surface area contributed by atoms with Gasteiger partial charge in [0.2, 0.25) is 5.91 Å². The molecule has 0 atom stereocenters. The van der Waals surface area contributed by atoms with Crippen LogP contribution in [-0.4, -0.2) is 28.9 Å². The summed E-state index contributed by atoms with van der Waals surface area (Å²) in [6, 6.07) is 13.1. The maximum absolute atomic E-state index is 12.4. The van der Waals surface area contributed by atoms with Crippen molar-refractivity contribution in [2.75, 3.05) is 18.5 Å². The van der Waals surface area contributed by atoms with Crippen LogP contribution in [0.5, 0.6) is 11.5 Å². The van der Waals surface area contributed by atoms with Gasteiger partial charge in [-0.3, -0.25) is 9.48 Å². The van der Waals surface area contributed by atoms with Crippen molar-refractivity contribution in [2.24, 2.45) is 0 Å². The van der Waals surface area contributed by atoms with Gasteiger partial charge in [0.1, 0.15) is 13.2 Å². The molecule has 138 valence electrons. The van der Waals surface area contributed by atoms with Gasteiger partial charge < -0.3 is 14.8 Å². The van der Waals surface area contributed by atoms with Gasteiger partial charge in [0, 0.05) is 18.1 Å². The van der Waals surface area contributed by atoms with E-state index in [0.29, 0.717) is 36.3 Å². The van der Waals surface area contributed by atoms with Crippen molar-refractivity contribution in [1.82, 2.24) is 9.78 Å². The number of benzene rings is 2. The van der Waals surface area contributed by atoms with Gasteiger partial charge in [0.15, 0.2) is 11.5 Å². The van der Waals surface area contributed by atoms with E-state index < -0.39 is 0 Å². The van der Waals surface area contributed by atoms with Gasteiger partial charge in [-0.25, -0.2) is 0 Å². The van der Waals surface area contributed by atoms with Crippen LogP contribution in [-0.2, 0) is 17.8 Å². The van der Waals surface area contributed by atoms with E-state index in [2.05, 4.69) is 10.4 Å². The van der Waals surface area contributed by atoms with E-state index in [1.54, 1.807) is 18.3 Å². The molecule has 0 bridgehead atoms. The van der Waals surface area contributed by atoms with E-state index in [1.165, 1.54) is 0 Å². The molecule has 0 fully saturated rings. The summed E-state index contributed by atoms with van der Waals surface area (Å²) in [6.07, 6.45) is 3.86. The fourth-order valence-corrected chi connectivity index (χ4v) is 3.22. The Bertz CT molecular complexity index is 940. The molecule has 0 saturated heterocycles. The first-order valence-electron chi connectivity index (χ1n) is 8.61. The first-order chi connectivity index (χ1) is 13.2. The van der Waals surface area contributed by atoms with Gasteiger partial charge in [-0.05, 0) is 41.5 Å². The van der Waals surface area contributed by atoms with E-state index in [9.17, 15) is 4.79 Å². The normalized spacial score (nSPS) is 12.6. The van der Waals surface area contributed by atoms with Crippen LogP contribution >= 0.6 is 11.6 Å². The lowest BCUT2D eigenvalue weighted by Gasteiger charge is -2.20. The van der Waals surface area contributed by atoms with Crippen LogP contribution in [0.4, 0.5) is 5.69 Å². The van der Waals surface area contributed by atoms with Crippen molar-refractivity contribution in [1.29, 1.82) is 0 Å². The van der Waals surface area contributed by atoms with Crippen LogP contribution in [0.3, 0.4) is 0 Å². The lowest BCUT2D eigenvalue weighted by atomic mass is 10.1. The van der Waals surface area contributed by atoms with E-state index in [4.69, 9.17) is 21.1 Å². The van der Waals surface area contributed by atoms with Crippen LogP contribution < -0.4 is 14.8 Å². The number of halogens is 1. The quantitative estimate of drug-likeness (QED) is 0.732. The molecular weight excluding hydrogens is 366 g/mol. The van der Waals surface area contributed by atoms with Gasteiger partial charge in [-0.15, -0.1) is 0 Å². The lowest BCUT2D eigenvalue weighted by Crippen LogP contribution is -2.17. The Kier molecular flexibility index (Phi) is 4.98. The summed E-state index contributed by atoms with van der Waals surface area (Å²) in [5.41, 5.74) is 2.63. The number of aromatic nitrogens is 2. The van der Waals surface area contributed by atoms with Crippen molar-refractivity contribution in [3.05, 3.63) is 71.0 Å². The van der Waals surface area contributed by atoms with Gasteiger partial charge in [-0.2, -0.15) is 5.10 Å². The van der Waals surface area contributed by atoms with Gasteiger partial charge >= 0.3 is 0 Å². The summed E-state index contributed by atoms with van der Waals surface area (Å²) in [4.78, 5) is 12.4. The average Bonchev–Trinajstić information content (AvgIpc) is 3.16. The lowest BCUT2D eigenvalue weighted by molar-refractivity contribution is -0.115. The number of hydrogen-bond acceptors (Lipinski definition) is 4. The minimum Gasteiger partial charge on any atom is -0.486 e. The Balaban J connectivity index is 1.38. The topological polar surface area (TPSA) is 65.4 Å². The van der Waals surface area contributed by atoms with Crippen LogP contribution in [0.15, 0.2) is 54.9 Å². The van der Waals surface area contributed by atoms with E-state index >= 15 is 0 Å². The zero-order valence-corrected chi connectivity index (χ0v) is 15.3. The molecule has 0 spiro atoms. The van der Waals surface area contributed by atoms with Gasteiger partial charge in [0.25, 0.3) is 0 Å². The Morgan fingerprint density at radius 1 is 1.15 bits per heavy atom. The molecule has 7 heteroatoms. The van der Waals surface area contributed by atoms with Crippen molar-refractivity contribution >= 4 is 23.2 Å². The predicted molar refractivity (Wildman–Crippen MR) is 103 cm³/mol.